The summed E-state index contributed by atoms with van der Waals surface area (Å²) < 4.78 is 0. The van der Waals surface area contributed by atoms with Gasteiger partial charge in [0, 0.05) is 5.69 Å². The molecule has 1 aromatic rings. The van der Waals surface area contributed by atoms with Crippen LogP contribution in [-0.4, -0.2) is 12.5 Å². The van der Waals surface area contributed by atoms with Gasteiger partial charge in [-0.15, -0.1) is 0 Å². The number of anilines is 1. The van der Waals surface area contributed by atoms with Gasteiger partial charge < -0.3 is 11.1 Å². The summed E-state index contributed by atoms with van der Waals surface area (Å²) in [6.07, 6.45) is 0. The Morgan fingerprint density at radius 3 is 3.00 bits per heavy atom. The molecule has 1 aliphatic rings. The zero-order valence-corrected chi connectivity index (χ0v) is 7.17. The van der Waals surface area contributed by atoms with Crippen LogP contribution in [0.15, 0.2) is 24.3 Å². The van der Waals surface area contributed by atoms with Crippen LogP contribution in [0.4, 0.5) is 5.69 Å². The molecule has 2 rings (SSSR count). The number of rotatable bonds is 1. The first-order valence-electron chi connectivity index (χ1n) is 4.19. The van der Waals surface area contributed by atoms with Gasteiger partial charge in [0.25, 0.3) is 0 Å². The topological polar surface area (TPSA) is 73.9 Å². The SMILES string of the molecule is N=C(N)C1NCNc2ccccc21. The molecule has 1 unspecified atom stereocenters. The van der Waals surface area contributed by atoms with E-state index in [2.05, 4.69) is 10.6 Å². The van der Waals surface area contributed by atoms with Gasteiger partial charge in [-0.05, 0) is 11.6 Å². The predicted molar refractivity (Wildman–Crippen MR) is 52.7 cm³/mol. The van der Waals surface area contributed by atoms with Gasteiger partial charge in [-0.2, -0.15) is 0 Å². The Bertz CT molecular complexity index is 334. The van der Waals surface area contributed by atoms with Crippen LogP contribution in [0, 0.1) is 5.41 Å². The second-order valence-corrected chi connectivity index (χ2v) is 3.03. The highest BCUT2D eigenvalue weighted by Crippen LogP contribution is 2.25. The fraction of sp³-hybridized carbons (Fsp3) is 0.222. The molecule has 0 fully saturated rings. The first-order chi connectivity index (χ1) is 6.29. The van der Waals surface area contributed by atoms with Crippen molar-refractivity contribution >= 4 is 11.5 Å². The van der Waals surface area contributed by atoms with Crippen molar-refractivity contribution in [2.45, 2.75) is 6.04 Å². The second kappa shape index (κ2) is 3.06. The number of nitrogens with one attached hydrogen (secondary N) is 3. The van der Waals surface area contributed by atoms with Gasteiger partial charge in [0.15, 0.2) is 0 Å². The standard InChI is InChI=1S/C9H12N4/c10-9(11)8-6-3-1-2-4-7(6)12-5-13-8/h1-4,8,12-13H,5H2,(H3,10,11). The van der Waals surface area contributed by atoms with Crippen molar-refractivity contribution in [3.05, 3.63) is 29.8 Å². The lowest BCUT2D eigenvalue weighted by Gasteiger charge is -2.26. The summed E-state index contributed by atoms with van der Waals surface area (Å²) in [6, 6.07) is 7.74. The number of fused-ring (bicyclic) bond motifs is 1. The predicted octanol–water partition coefficient (Wildman–Crippen LogP) is 0.636. The third-order valence-corrected chi connectivity index (χ3v) is 2.17. The van der Waals surface area contributed by atoms with E-state index in [9.17, 15) is 0 Å². The number of para-hydroxylation sites is 1. The average molecular weight is 176 g/mol. The van der Waals surface area contributed by atoms with Crippen LogP contribution in [-0.2, 0) is 0 Å². The third-order valence-electron chi connectivity index (χ3n) is 2.17. The van der Waals surface area contributed by atoms with E-state index < -0.39 is 0 Å². The van der Waals surface area contributed by atoms with Crippen LogP contribution < -0.4 is 16.4 Å². The highest BCUT2D eigenvalue weighted by atomic mass is 15.1. The van der Waals surface area contributed by atoms with Crippen LogP contribution in [0.2, 0.25) is 0 Å². The first-order valence-corrected chi connectivity index (χ1v) is 4.19. The first kappa shape index (κ1) is 8.07. The van der Waals surface area contributed by atoms with Crippen molar-refractivity contribution in [2.75, 3.05) is 12.0 Å². The minimum Gasteiger partial charge on any atom is -0.386 e. The minimum atomic E-state index is -0.141. The van der Waals surface area contributed by atoms with Crippen molar-refractivity contribution in [1.29, 1.82) is 5.41 Å². The molecule has 0 radical (unpaired) electrons. The molecule has 0 bridgehead atoms. The lowest BCUT2D eigenvalue weighted by atomic mass is 10.0. The number of hydrogen-bond acceptors (Lipinski definition) is 3. The summed E-state index contributed by atoms with van der Waals surface area (Å²) in [5.41, 5.74) is 7.57. The Hall–Kier alpha value is -1.55. The molecule has 0 saturated carbocycles. The van der Waals surface area contributed by atoms with Gasteiger partial charge in [-0.3, -0.25) is 10.7 Å². The van der Waals surface area contributed by atoms with Gasteiger partial charge in [-0.25, -0.2) is 0 Å². The zero-order valence-electron chi connectivity index (χ0n) is 7.17. The molecule has 5 N–H and O–H groups in total. The van der Waals surface area contributed by atoms with E-state index in [1.165, 1.54) is 0 Å². The van der Waals surface area contributed by atoms with E-state index in [-0.39, 0.29) is 11.9 Å². The molecule has 1 atom stereocenters. The molecule has 0 saturated heterocycles. The number of hydrogen-bond donors (Lipinski definition) is 4. The smallest absolute Gasteiger partial charge is 0.113 e. The van der Waals surface area contributed by atoms with E-state index in [4.69, 9.17) is 11.1 Å². The van der Waals surface area contributed by atoms with Crippen molar-refractivity contribution in [3.8, 4) is 0 Å². The fourth-order valence-corrected chi connectivity index (χ4v) is 1.55. The maximum Gasteiger partial charge on any atom is 0.113 e. The monoisotopic (exact) mass is 176 g/mol. The Kier molecular flexibility index (Phi) is 1.90. The molecule has 4 nitrogen and oxygen atoms in total. The van der Waals surface area contributed by atoms with Gasteiger partial charge in [0.05, 0.1) is 12.7 Å². The van der Waals surface area contributed by atoms with Crippen LogP contribution in [0.5, 0.6) is 0 Å². The van der Waals surface area contributed by atoms with Crippen molar-refractivity contribution in [2.24, 2.45) is 5.73 Å². The fourth-order valence-electron chi connectivity index (χ4n) is 1.55. The zero-order chi connectivity index (χ0) is 9.26. The highest BCUT2D eigenvalue weighted by molar-refractivity contribution is 5.86. The highest BCUT2D eigenvalue weighted by Gasteiger charge is 2.20. The summed E-state index contributed by atoms with van der Waals surface area (Å²) in [5, 5.41) is 13.7. The quantitative estimate of drug-likeness (QED) is 0.374. The Labute approximate surface area is 76.6 Å². The Morgan fingerprint density at radius 2 is 2.23 bits per heavy atom. The molecule has 0 spiro atoms. The molecule has 0 amide bonds. The third kappa shape index (κ3) is 1.36. The number of amidine groups is 1. The van der Waals surface area contributed by atoms with Crippen LogP contribution >= 0.6 is 0 Å². The molecule has 0 aromatic heterocycles. The van der Waals surface area contributed by atoms with E-state index in [1.807, 2.05) is 24.3 Å². The molecule has 1 aliphatic heterocycles. The van der Waals surface area contributed by atoms with Gasteiger partial charge in [-0.1, -0.05) is 18.2 Å². The molecule has 4 heteroatoms. The van der Waals surface area contributed by atoms with Crippen molar-refractivity contribution in [3.63, 3.8) is 0 Å². The molecular weight excluding hydrogens is 164 g/mol. The minimum absolute atomic E-state index is 0.141. The number of benzene rings is 1. The Balaban J connectivity index is 2.42. The van der Waals surface area contributed by atoms with Crippen molar-refractivity contribution < 1.29 is 0 Å². The van der Waals surface area contributed by atoms with Gasteiger partial charge in [0.1, 0.15) is 5.84 Å². The van der Waals surface area contributed by atoms with Gasteiger partial charge >= 0.3 is 0 Å². The summed E-state index contributed by atoms with van der Waals surface area (Å²) in [5.74, 6) is 0.161. The largest absolute Gasteiger partial charge is 0.386 e. The molecular formula is C9H12N4. The van der Waals surface area contributed by atoms with Crippen molar-refractivity contribution in [1.82, 2.24) is 5.32 Å². The Morgan fingerprint density at radius 1 is 1.46 bits per heavy atom. The summed E-state index contributed by atoms with van der Waals surface area (Å²) >= 11 is 0. The molecule has 68 valence electrons. The van der Waals surface area contributed by atoms with E-state index in [0.29, 0.717) is 6.67 Å². The van der Waals surface area contributed by atoms with E-state index in [0.717, 1.165) is 11.3 Å². The maximum absolute atomic E-state index is 7.41. The van der Waals surface area contributed by atoms with E-state index >= 15 is 0 Å². The van der Waals surface area contributed by atoms with Crippen LogP contribution in [0.25, 0.3) is 0 Å². The molecule has 1 aromatic carbocycles. The summed E-state index contributed by atoms with van der Waals surface area (Å²) in [4.78, 5) is 0. The lowest BCUT2D eigenvalue weighted by molar-refractivity contribution is 0.653. The summed E-state index contributed by atoms with van der Waals surface area (Å²) in [7, 11) is 0. The molecule has 0 aliphatic carbocycles. The second-order valence-electron chi connectivity index (χ2n) is 3.03. The van der Waals surface area contributed by atoms with E-state index in [1.54, 1.807) is 0 Å². The average Bonchev–Trinajstić information content (AvgIpc) is 2.17. The van der Waals surface area contributed by atoms with Crippen LogP contribution in [0.3, 0.4) is 0 Å². The molecule has 13 heavy (non-hydrogen) atoms. The van der Waals surface area contributed by atoms with Gasteiger partial charge in [0.2, 0.25) is 0 Å². The molecule has 1 heterocycles. The summed E-state index contributed by atoms with van der Waals surface area (Å²) in [6.45, 7) is 0.654. The lowest BCUT2D eigenvalue weighted by Crippen LogP contribution is -2.39. The number of nitrogens with two attached hydrogens (primary N) is 1. The normalized spacial score (nSPS) is 20.2. The van der Waals surface area contributed by atoms with Crippen LogP contribution in [0.1, 0.15) is 11.6 Å². The maximum atomic E-state index is 7.41.